The number of carbonyl (C=O) groups excluding carboxylic acids is 1. The molecule has 0 radical (unpaired) electrons. The molecule has 0 bridgehead atoms. The fourth-order valence-corrected chi connectivity index (χ4v) is 2.98. The van der Waals surface area contributed by atoms with Crippen LogP contribution in [0.4, 0.5) is 5.13 Å². The van der Waals surface area contributed by atoms with Gasteiger partial charge in [-0.1, -0.05) is 17.4 Å². The predicted octanol–water partition coefficient (Wildman–Crippen LogP) is 2.91. The van der Waals surface area contributed by atoms with Gasteiger partial charge in [-0.05, 0) is 23.6 Å². The number of nitrogens with one attached hydrogen (secondary N) is 1. The molecule has 3 rings (SSSR count). The number of pyridine rings is 1. The Morgan fingerprint density at radius 2 is 2.00 bits per heavy atom. The van der Waals surface area contributed by atoms with Gasteiger partial charge in [0, 0.05) is 18.0 Å². The van der Waals surface area contributed by atoms with Gasteiger partial charge in [0.05, 0.1) is 4.88 Å². The maximum atomic E-state index is 11.9. The Morgan fingerprint density at radius 1 is 1.16 bits per heavy atom. The lowest BCUT2D eigenvalue weighted by molar-refractivity contribution is 0.102. The zero-order chi connectivity index (χ0) is 13.1. The average molecular weight is 288 g/mol. The van der Waals surface area contributed by atoms with Crippen molar-refractivity contribution in [1.29, 1.82) is 0 Å². The summed E-state index contributed by atoms with van der Waals surface area (Å²) < 4.78 is 0. The van der Waals surface area contributed by atoms with Gasteiger partial charge in [-0.15, -0.1) is 21.5 Å². The molecule has 3 heterocycles. The molecule has 1 N–H and O–H groups in total. The zero-order valence-electron chi connectivity index (χ0n) is 9.61. The topological polar surface area (TPSA) is 67.8 Å². The smallest absolute Gasteiger partial charge is 0.257 e. The first-order chi connectivity index (χ1) is 9.33. The lowest BCUT2D eigenvalue weighted by atomic mass is 10.2. The fourth-order valence-electron chi connectivity index (χ4n) is 1.45. The number of anilines is 1. The average Bonchev–Trinajstić information content (AvgIpc) is 3.10. The van der Waals surface area contributed by atoms with Gasteiger partial charge in [-0.25, -0.2) is 0 Å². The van der Waals surface area contributed by atoms with Crippen LogP contribution in [0.15, 0.2) is 42.0 Å². The minimum absolute atomic E-state index is 0.212. The SMILES string of the molecule is O=C(Nc1nnc(-c2cccs2)s1)c1ccncc1. The highest BCUT2D eigenvalue weighted by atomic mass is 32.1. The second-order valence-electron chi connectivity index (χ2n) is 3.58. The summed E-state index contributed by atoms with van der Waals surface area (Å²) in [4.78, 5) is 16.8. The summed E-state index contributed by atoms with van der Waals surface area (Å²) in [6.07, 6.45) is 3.15. The zero-order valence-corrected chi connectivity index (χ0v) is 11.2. The Morgan fingerprint density at radius 3 is 2.74 bits per heavy atom. The van der Waals surface area contributed by atoms with E-state index >= 15 is 0 Å². The van der Waals surface area contributed by atoms with Crippen molar-refractivity contribution < 1.29 is 4.79 Å². The molecule has 3 aromatic heterocycles. The first kappa shape index (κ1) is 11.9. The molecular weight excluding hydrogens is 280 g/mol. The molecule has 94 valence electrons. The van der Waals surface area contributed by atoms with Crippen LogP contribution in [-0.2, 0) is 0 Å². The van der Waals surface area contributed by atoms with Gasteiger partial charge >= 0.3 is 0 Å². The molecule has 7 heteroatoms. The second-order valence-corrected chi connectivity index (χ2v) is 5.50. The standard InChI is InChI=1S/C12H8N4OS2/c17-10(8-3-5-13-6-4-8)14-12-16-15-11(19-12)9-2-1-7-18-9/h1-7H,(H,14,16,17). The van der Waals surface area contributed by atoms with E-state index in [0.29, 0.717) is 10.7 Å². The number of aromatic nitrogens is 3. The van der Waals surface area contributed by atoms with Crippen LogP contribution >= 0.6 is 22.7 Å². The van der Waals surface area contributed by atoms with Gasteiger partial charge < -0.3 is 0 Å². The number of rotatable bonds is 3. The van der Waals surface area contributed by atoms with Crippen molar-refractivity contribution in [2.45, 2.75) is 0 Å². The molecule has 0 aliphatic rings. The molecule has 0 spiro atoms. The molecule has 0 saturated carbocycles. The monoisotopic (exact) mass is 288 g/mol. The van der Waals surface area contributed by atoms with Crippen LogP contribution in [0.25, 0.3) is 9.88 Å². The van der Waals surface area contributed by atoms with Crippen LogP contribution < -0.4 is 5.32 Å². The Balaban J connectivity index is 1.76. The van der Waals surface area contributed by atoms with E-state index in [-0.39, 0.29) is 5.91 Å². The van der Waals surface area contributed by atoms with Crippen molar-refractivity contribution in [2.75, 3.05) is 5.32 Å². The molecule has 3 aromatic rings. The molecule has 0 fully saturated rings. The summed E-state index contributed by atoms with van der Waals surface area (Å²) in [5, 5.41) is 14.0. The molecule has 5 nitrogen and oxygen atoms in total. The molecule has 0 aliphatic heterocycles. The van der Waals surface area contributed by atoms with E-state index in [1.54, 1.807) is 35.9 Å². The van der Waals surface area contributed by atoms with E-state index in [1.165, 1.54) is 11.3 Å². The van der Waals surface area contributed by atoms with E-state index < -0.39 is 0 Å². The Hall–Kier alpha value is -2.12. The third-order valence-corrected chi connectivity index (χ3v) is 4.20. The summed E-state index contributed by atoms with van der Waals surface area (Å²) in [6, 6.07) is 7.23. The Labute approximate surface area is 117 Å². The molecule has 1 amide bonds. The van der Waals surface area contributed by atoms with Gasteiger partial charge in [0.15, 0.2) is 5.01 Å². The first-order valence-corrected chi connectivity index (χ1v) is 7.11. The quantitative estimate of drug-likeness (QED) is 0.804. The molecule has 0 unspecified atom stereocenters. The third-order valence-electron chi connectivity index (χ3n) is 2.32. The van der Waals surface area contributed by atoms with Crippen LogP contribution in [0.1, 0.15) is 10.4 Å². The van der Waals surface area contributed by atoms with E-state index in [9.17, 15) is 4.79 Å². The molecule has 0 atom stereocenters. The van der Waals surface area contributed by atoms with E-state index in [4.69, 9.17) is 0 Å². The number of hydrogen-bond donors (Lipinski definition) is 1. The second kappa shape index (κ2) is 5.25. The van der Waals surface area contributed by atoms with Crippen LogP contribution in [0.5, 0.6) is 0 Å². The van der Waals surface area contributed by atoms with Gasteiger partial charge in [0.2, 0.25) is 5.13 Å². The van der Waals surface area contributed by atoms with Crippen LogP contribution in [0.3, 0.4) is 0 Å². The number of amides is 1. The Kier molecular flexibility index (Phi) is 3.30. The number of hydrogen-bond acceptors (Lipinski definition) is 6. The van der Waals surface area contributed by atoms with Crippen molar-refractivity contribution in [3.63, 3.8) is 0 Å². The van der Waals surface area contributed by atoms with Crippen molar-refractivity contribution in [3.05, 3.63) is 47.6 Å². The highest BCUT2D eigenvalue weighted by Crippen LogP contribution is 2.29. The van der Waals surface area contributed by atoms with Crippen molar-refractivity contribution >= 4 is 33.7 Å². The summed E-state index contributed by atoms with van der Waals surface area (Å²) in [5.74, 6) is -0.212. The maximum absolute atomic E-state index is 11.9. The molecule has 0 aromatic carbocycles. The Bertz CT molecular complexity index is 679. The molecule has 0 aliphatic carbocycles. The van der Waals surface area contributed by atoms with E-state index in [2.05, 4.69) is 20.5 Å². The largest absolute Gasteiger partial charge is 0.296 e. The summed E-state index contributed by atoms with van der Waals surface area (Å²) in [5.41, 5.74) is 0.544. The third kappa shape index (κ3) is 2.67. The van der Waals surface area contributed by atoms with Gasteiger partial charge in [0.25, 0.3) is 5.91 Å². The highest BCUT2D eigenvalue weighted by molar-refractivity contribution is 7.23. The van der Waals surface area contributed by atoms with Gasteiger partial charge in [-0.2, -0.15) is 0 Å². The highest BCUT2D eigenvalue weighted by Gasteiger charge is 2.11. The number of thiophene rings is 1. The molecule has 19 heavy (non-hydrogen) atoms. The normalized spacial score (nSPS) is 10.3. The summed E-state index contributed by atoms with van der Waals surface area (Å²) >= 11 is 2.95. The number of carbonyl (C=O) groups is 1. The van der Waals surface area contributed by atoms with Gasteiger partial charge in [-0.3, -0.25) is 15.1 Å². The molecular formula is C12H8N4OS2. The van der Waals surface area contributed by atoms with Gasteiger partial charge in [0.1, 0.15) is 0 Å². The summed E-state index contributed by atoms with van der Waals surface area (Å²) in [7, 11) is 0. The van der Waals surface area contributed by atoms with Crippen molar-refractivity contribution in [3.8, 4) is 9.88 Å². The fraction of sp³-hybridized carbons (Fsp3) is 0. The van der Waals surface area contributed by atoms with Crippen molar-refractivity contribution in [1.82, 2.24) is 15.2 Å². The number of nitrogens with zero attached hydrogens (tertiary/aromatic N) is 3. The lowest BCUT2D eigenvalue weighted by Crippen LogP contribution is -2.11. The van der Waals surface area contributed by atoms with E-state index in [1.807, 2.05) is 17.5 Å². The summed E-state index contributed by atoms with van der Waals surface area (Å²) in [6.45, 7) is 0. The minimum atomic E-state index is -0.212. The minimum Gasteiger partial charge on any atom is -0.296 e. The maximum Gasteiger partial charge on any atom is 0.257 e. The van der Waals surface area contributed by atoms with Crippen LogP contribution in [-0.4, -0.2) is 21.1 Å². The lowest BCUT2D eigenvalue weighted by Gasteiger charge is -1.99. The first-order valence-electron chi connectivity index (χ1n) is 5.42. The van der Waals surface area contributed by atoms with Crippen LogP contribution in [0.2, 0.25) is 0 Å². The molecule has 0 saturated heterocycles. The predicted molar refractivity (Wildman–Crippen MR) is 75.4 cm³/mol. The van der Waals surface area contributed by atoms with Crippen molar-refractivity contribution in [2.24, 2.45) is 0 Å². The van der Waals surface area contributed by atoms with Crippen LogP contribution in [0, 0.1) is 0 Å². The van der Waals surface area contributed by atoms with E-state index in [0.717, 1.165) is 9.88 Å².